The van der Waals surface area contributed by atoms with Gasteiger partial charge in [-0.15, -0.1) is 0 Å². The molecule has 0 radical (unpaired) electrons. The highest BCUT2D eigenvalue weighted by atomic mass is 19.1. The molecular formula is C23H36FN3O3. The average Bonchev–Trinajstić information content (AvgIpc) is 2.70. The molecule has 3 heterocycles. The fourth-order valence-electron chi connectivity index (χ4n) is 4.59. The van der Waals surface area contributed by atoms with Crippen LogP contribution < -0.4 is 0 Å². The van der Waals surface area contributed by atoms with Crippen LogP contribution in [0.25, 0.3) is 0 Å². The molecule has 30 heavy (non-hydrogen) atoms. The Morgan fingerprint density at radius 1 is 1.27 bits per heavy atom. The van der Waals surface area contributed by atoms with Crippen LogP contribution in [0.5, 0.6) is 0 Å². The van der Waals surface area contributed by atoms with E-state index >= 15 is 0 Å². The number of nitrogens with zero attached hydrogens (tertiary/aromatic N) is 3. The molecule has 2 aliphatic rings. The lowest BCUT2D eigenvalue weighted by atomic mass is 9.75. The summed E-state index contributed by atoms with van der Waals surface area (Å²) < 4.78 is 25.0. The molecule has 1 aromatic rings. The third-order valence-corrected chi connectivity index (χ3v) is 6.02. The maximum absolute atomic E-state index is 13.7. The second-order valence-electron chi connectivity index (χ2n) is 9.71. The number of pyridine rings is 1. The Morgan fingerprint density at radius 3 is 2.60 bits per heavy atom. The molecule has 1 aromatic heterocycles. The fourth-order valence-corrected chi connectivity index (χ4v) is 4.59. The third-order valence-electron chi connectivity index (χ3n) is 6.02. The molecule has 0 aromatic carbocycles. The Bertz CT molecular complexity index is 699. The highest BCUT2D eigenvalue weighted by molar-refractivity contribution is 6.02. The van der Waals surface area contributed by atoms with Gasteiger partial charge in [0.05, 0.1) is 24.4 Å². The summed E-state index contributed by atoms with van der Waals surface area (Å²) in [7, 11) is 0. The van der Waals surface area contributed by atoms with Crippen molar-refractivity contribution in [2.45, 2.75) is 57.3 Å². The molecule has 7 heteroatoms. The van der Waals surface area contributed by atoms with E-state index in [0.29, 0.717) is 31.7 Å². The van der Waals surface area contributed by atoms with Crippen LogP contribution in [0.2, 0.25) is 0 Å². The first-order valence-corrected chi connectivity index (χ1v) is 11.0. The van der Waals surface area contributed by atoms with Gasteiger partial charge in [0.2, 0.25) is 5.78 Å². The van der Waals surface area contributed by atoms with E-state index in [9.17, 15) is 9.18 Å². The van der Waals surface area contributed by atoms with Gasteiger partial charge in [-0.25, -0.2) is 4.39 Å². The zero-order valence-corrected chi connectivity index (χ0v) is 18.8. The van der Waals surface area contributed by atoms with Crippen molar-refractivity contribution in [1.82, 2.24) is 14.8 Å². The van der Waals surface area contributed by atoms with Crippen LogP contribution in [0.1, 0.15) is 51.0 Å². The number of ether oxygens (including phenoxy) is 2. The number of rotatable bonds is 8. The predicted octanol–water partition coefficient (Wildman–Crippen LogP) is 2.97. The number of ketones is 1. The second kappa shape index (κ2) is 9.39. The lowest BCUT2D eigenvalue weighted by Crippen LogP contribution is -2.65. The maximum Gasteiger partial charge on any atom is 0.201 e. The van der Waals surface area contributed by atoms with Crippen molar-refractivity contribution in [2.24, 2.45) is 0 Å². The average molecular weight is 422 g/mol. The molecule has 0 amide bonds. The van der Waals surface area contributed by atoms with Crippen molar-refractivity contribution in [3.8, 4) is 0 Å². The summed E-state index contributed by atoms with van der Waals surface area (Å²) in [6, 6.07) is 5.52. The SMILES string of the molecule is CC(C)(F)COCCN1CCN(C2(C(=O)c3ccccn3)CCOC(C)(C)C2)CC1. The van der Waals surface area contributed by atoms with Gasteiger partial charge in [-0.05, 0) is 46.2 Å². The minimum Gasteiger partial charge on any atom is -0.377 e. The summed E-state index contributed by atoms with van der Waals surface area (Å²) in [5.41, 5.74) is -1.71. The Labute approximate surface area is 179 Å². The van der Waals surface area contributed by atoms with Crippen molar-refractivity contribution in [3.05, 3.63) is 30.1 Å². The van der Waals surface area contributed by atoms with E-state index in [0.717, 1.165) is 32.7 Å². The van der Waals surface area contributed by atoms with E-state index in [1.54, 1.807) is 6.20 Å². The van der Waals surface area contributed by atoms with E-state index in [1.807, 2.05) is 18.2 Å². The number of piperazine rings is 1. The van der Waals surface area contributed by atoms with Crippen LogP contribution >= 0.6 is 0 Å². The van der Waals surface area contributed by atoms with Gasteiger partial charge in [-0.1, -0.05) is 6.07 Å². The van der Waals surface area contributed by atoms with Crippen LogP contribution in [0, 0.1) is 0 Å². The largest absolute Gasteiger partial charge is 0.377 e. The summed E-state index contributed by atoms with van der Waals surface area (Å²) >= 11 is 0. The summed E-state index contributed by atoms with van der Waals surface area (Å²) in [5.74, 6) is 0.0986. The predicted molar refractivity (Wildman–Crippen MR) is 115 cm³/mol. The van der Waals surface area contributed by atoms with Crippen molar-refractivity contribution in [1.29, 1.82) is 0 Å². The number of carbonyl (C=O) groups excluding carboxylic acids is 1. The summed E-state index contributed by atoms with van der Waals surface area (Å²) in [6.45, 7) is 12.5. The zero-order chi connectivity index (χ0) is 21.8. The monoisotopic (exact) mass is 421 g/mol. The van der Waals surface area contributed by atoms with E-state index in [1.165, 1.54) is 13.8 Å². The van der Waals surface area contributed by atoms with Crippen LogP contribution in [-0.4, -0.2) is 89.9 Å². The van der Waals surface area contributed by atoms with E-state index < -0.39 is 11.2 Å². The highest BCUT2D eigenvalue weighted by Gasteiger charge is 2.51. The number of hydrogen-bond acceptors (Lipinski definition) is 6. The van der Waals surface area contributed by atoms with E-state index in [4.69, 9.17) is 9.47 Å². The number of halogens is 1. The minimum atomic E-state index is -1.30. The molecule has 1 atom stereocenters. The van der Waals surface area contributed by atoms with Crippen LogP contribution in [0.4, 0.5) is 4.39 Å². The van der Waals surface area contributed by atoms with Gasteiger partial charge in [-0.2, -0.15) is 0 Å². The Hall–Kier alpha value is -1.41. The van der Waals surface area contributed by atoms with Gasteiger partial charge in [-0.3, -0.25) is 19.6 Å². The van der Waals surface area contributed by atoms with Crippen LogP contribution in [0.15, 0.2) is 24.4 Å². The molecule has 1 unspecified atom stereocenters. The first-order chi connectivity index (χ1) is 14.1. The first kappa shape index (κ1) is 23.3. The van der Waals surface area contributed by atoms with Crippen LogP contribution in [-0.2, 0) is 9.47 Å². The van der Waals surface area contributed by atoms with E-state index in [2.05, 4.69) is 28.6 Å². The van der Waals surface area contributed by atoms with Gasteiger partial charge in [0.1, 0.15) is 11.4 Å². The number of alkyl halides is 1. The Morgan fingerprint density at radius 2 is 2.00 bits per heavy atom. The fraction of sp³-hybridized carbons (Fsp3) is 0.739. The van der Waals surface area contributed by atoms with Gasteiger partial charge in [0, 0.05) is 51.9 Å². The molecule has 2 fully saturated rings. The molecule has 2 saturated heterocycles. The Kier molecular flexibility index (Phi) is 7.28. The van der Waals surface area contributed by atoms with Gasteiger partial charge in [0.25, 0.3) is 0 Å². The molecule has 168 valence electrons. The molecule has 0 bridgehead atoms. The molecular weight excluding hydrogens is 385 g/mol. The molecule has 2 aliphatic heterocycles. The zero-order valence-electron chi connectivity index (χ0n) is 18.8. The second-order valence-corrected chi connectivity index (χ2v) is 9.71. The molecule has 0 spiro atoms. The lowest BCUT2D eigenvalue weighted by Gasteiger charge is -2.52. The van der Waals surface area contributed by atoms with Gasteiger partial charge in [0.15, 0.2) is 0 Å². The van der Waals surface area contributed by atoms with Crippen molar-refractivity contribution < 1.29 is 18.7 Å². The standard InChI is InChI=1S/C23H36FN3O3/c1-21(2,24)18-29-16-14-26-10-12-27(13-11-26)23(8-15-30-22(3,4)17-23)20(28)19-7-5-6-9-25-19/h5-7,9H,8,10-18H2,1-4H3. The smallest absolute Gasteiger partial charge is 0.201 e. The number of carbonyl (C=O) groups is 1. The number of hydrogen-bond donors (Lipinski definition) is 0. The maximum atomic E-state index is 13.7. The first-order valence-electron chi connectivity index (χ1n) is 11.0. The number of Topliss-reactive ketones (excluding diaryl/α,β-unsaturated/α-hetero) is 1. The third kappa shape index (κ3) is 5.84. The molecule has 3 rings (SSSR count). The van der Waals surface area contributed by atoms with Crippen molar-refractivity contribution >= 4 is 5.78 Å². The summed E-state index contributed by atoms with van der Waals surface area (Å²) in [6.07, 6.45) is 3.02. The molecule has 0 saturated carbocycles. The van der Waals surface area contributed by atoms with Gasteiger partial charge >= 0.3 is 0 Å². The lowest BCUT2D eigenvalue weighted by molar-refractivity contribution is -0.114. The topological polar surface area (TPSA) is 54.9 Å². The summed E-state index contributed by atoms with van der Waals surface area (Å²) in [4.78, 5) is 22.7. The number of aromatic nitrogens is 1. The molecule has 0 N–H and O–H groups in total. The molecule has 0 aliphatic carbocycles. The quantitative estimate of drug-likeness (QED) is 0.475. The normalized spacial score (nSPS) is 25.9. The van der Waals surface area contributed by atoms with E-state index in [-0.39, 0.29) is 18.0 Å². The highest BCUT2D eigenvalue weighted by Crippen LogP contribution is 2.39. The van der Waals surface area contributed by atoms with Gasteiger partial charge < -0.3 is 9.47 Å². The van der Waals surface area contributed by atoms with Crippen LogP contribution in [0.3, 0.4) is 0 Å². The molecule has 6 nitrogen and oxygen atoms in total. The Balaban J connectivity index is 1.65. The summed E-state index contributed by atoms with van der Waals surface area (Å²) in [5, 5.41) is 0. The minimum absolute atomic E-state index is 0.0986. The van der Waals surface area contributed by atoms with Crippen molar-refractivity contribution in [2.75, 3.05) is 52.5 Å². The van der Waals surface area contributed by atoms with Crippen molar-refractivity contribution in [3.63, 3.8) is 0 Å².